The molecule has 0 saturated heterocycles. The Morgan fingerprint density at radius 1 is 1.20 bits per heavy atom. The third-order valence-corrected chi connectivity index (χ3v) is 7.21. The van der Waals surface area contributed by atoms with Gasteiger partial charge in [-0.1, -0.05) is 43.9 Å². The topological polar surface area (TPSA) is 113 Å². The van der Waals surface area contributed by atoms with E-state index in [1.165, 1.54) is 38.2 Å². The van der Waals surface area contributed by atoms with E-state index in [-0.39, 0.29) is 10.8 Å². The van der Waals surface area contributed by atoms with Crippen LogP contribution in [0.4, 0.5) is 11.6 Å². The Kier molecular flexibility index (Phi) is 5.97. The van der Waals surface area contributed by atoms with Gasteiger partial charge in [-0.15, -0.1) is 0 Å². The summed E-state index contributed by atoms with van der Waals surface area (Å²) in [4.78, 5) is 7.15. The van der Waals surface area contributed by atoms with Crippen molar-refractivity contribution in [2.24, 2.45) is 5.92 Å². The van der Waals surface area contributed by atoms with Crippen LogP contribution in [0.2, 0.25) is 0 Å². The molecule has 0 spiro atoms. The van der Waals surface area contributed by atoms with Crippen LogP contribution in [-0.4, -0.2) is 24.4 Å². The summed E-state index contributed by atoms with van der Waals surface area (Å²) in [6.07, 6.45) is 6.52. The molecular formula is C22H29N5O2S. The summed E-state index contributed by atoms with van der Waals surface area (Å²) >= 11 is 0. The lowest BCUT2D eigenvalue weighted by atomic mass is 9.99. The maximum Gasteiger partial charge on any atom is 0.261 e. The maximum atomic E-state index is 13.0. The zero-order valence-corrected chi connectivity index (χ0v) is 18.0. The fraction of sp³-hybridized carbons (Fsp3) is 0.409. The SMILES string of the molecule is C[C@@H](CC1CCCC1)NCc1ccccc1NS(=O)(=O)c1ccc2nc(N)[nH]c2c1. The number of nitrogens with two attached hydrogens (primary N) is 1. The molecule has 2 aromatic carbocycles. The molecule has 0 unspecified atom stereocenters. The van der Waals surface area contributed by atoms with E-state index in [0.717, 1.165) is 11.5 Å². The zero-order valence-electron chi connectivity index (χ0n) is 17.2. The lowest BCUT2D eigenvalue weighted by Gasteiger charge is -2.19. The van der Waals surface area contributed by atoms with E-state index in [9.17, 15) is 8.42 Å². The van der Waals surface area contributed by atoms with E-state index in [0.29, 0.717) is 29.3 Å². The highest BCUT2D eigenvalue weighted by molar-refractivity contribution is 7.92. The lowest BCUT2D eigenvalue weighted by molar-refractivity contribution is 0.404. The number of aromatic nitrogens is 2. The van der Waals surface area contributed by atoms with Crippen molar-refractivity contribution in [1.82, 2.24) is 15.3 Å². The van der Waals surface area contributed by atoms with Crippen LogP contribution in [0.1, 0.15) is 44.6 Å². The van der Waals surface area contributed by atoms with Crippen molar-refractivity contribution in [1.29, 1.82) is 0 Å². The second-order valence-corrected chi connectivity index (χ2v) is 9.91. The predicted molar refractivity (Wildman–Crippen MR) is 121 cm³/mol. The lowest BCUT2D eigenvalue weighted by Crippen LogP contribution is -2.28. The highest BCUT2D eigenvalue weighted by Crippen LogP contribution is 2.29. The van der Waals surface area contributed by atoms with Gasteiger partial charge in [-0.2, -0.15) is 0 Å². The van der Waals surface area contributed by atoms with Gasteiger partial charge in [0.25, 0.3) is 10.0 Å². The Balaban J connectivity index is 1.46. The summed E-state index contributed by atoms with van der Waals surface area (Å²) in [7, 11) is -3.74. The monoisotopic (exact) mass is 427 g/mol. The smallest absolute Gasteiger partial charge is 0.261 e. The number of anilines is 2. The Morgan fingerprint density at radius 3 is 2.77 bits per heavy atom. The first kappa shape index (κ1) is 20.7. The van der Waals surface area contributed by atoms with Crippen LogP contribution in [0, 0.1) is 5.92 Å². The van der Waals surface area contributed by atoms with Crippen LogP contribution < -0.4 is 15.8 Å². The van der Waals surface area contributed by atoms with Crippen molar-refractivity contribution in [3.05, 3.63) is 48.0 Å². The summed E-state index contributed by atoms with van der Waals surface area (Å²) < 4.78 is 28.7. The van der Waals surface area contributed by atoms with Crippen LogP contribution in [0.15, 0.2) is 47.4 Å². The minimum absolute atomic E-state index is 0.163. The van der Waals surface area contributed by atoms with Crippen molar-refractivity contribution in [3.8, 4) is 0 Å². The molecule has 1 saturated carbocycles. The van der Waals surface area contributed by atoms with Crippen LogP contribution in [0.3, 0.4) is 0 Å². The third-order valence-electron chi connectivity index (χ3n) is 5.85. The Labute approximate surface area is 177 Å². The minimum Gasteiger partial charge on any atom is -0.369 e. The number of aromatic amines is 1. The van der Waals surface area contributed by atoms with Gasteiger partial charge in [0, 0.05) is 12.6 Å². The van der Waals surface area contributed by atoms with E-state index in [2.05, 4.69) is 26.9 Å². The van der Waals surface area contributed by atoms with Crippen LogP contribution in [0.5, 0.6) is 0 Å². The standard InChI is InChI=1S/C22H29N5O2S/c1-15(12-16-6-2-3-7-16)24-14-17-8-4-5-9-19(17)27-30(28,29)18-10-11-20-21(13-18)26-22(23)25-20/h4-5,8-11,13,15-16,24,27H,2-3,6-7,12,14H2,1H3,(H3,23,25,26)/t15-/m0/s1. The van der Waals surface area contributed by atoms with Gasteiger partial charge in [0.05, 0.1) is 21.6 Å². The number of nitrogens with one attached hydrogen (secondary N) is 3. The molecule has 0 amide bonds. The molecule has 1 heterocycles. The fourth-order valence-electron chi connectivity index (χ4n) is 4.27. The van der Waals surface area contributed by atoms with Crippen molar-refractivity contribution in [3.63, 3.8) is 0 Å². The van der Waals surface area contributed by atoms with Crippen molar-refractivity contribution in [2.75, 3.05) is 10.5 Å². The van der Waals surface area contributed by atoms with E-state index in [1.54, 1.807) is 18.2 Å². The molecule has 7 nitrogen and oxygen atoms in total. The molecule has 8 heteroatoms. The maximum absolute atomic E-state index is 13.0. The van der Waals surface area contributed by atoms with Gasteiger partial charge in [0.2, 0.25) is 0 Å². The molecule has 1 aliphatic rings. The first-order valence-electron chi connectivity index (χ1n) is 10.5. The molecule has 1 aliphatic carbocycles. The van der Waals surface area contributed by atoms with E-state index in [1.807, 2.05) is 18.2 Å². The number of nitrogens with zero attached hydrogens (tertiary/aromatic N) is 1. The molecule has 5 N–H and O–H groups in total. The first-order chi connectivity index (χ1) is 14.4. The van der Waals surface area contributed by atoms with Gasteiger partial charge < -0.3 is 16.0 Å². The van der Waals surface area contributed by atoms with Crippen molar-refractivity contribution in [2.45, 2.75) is 56.5 Å². The molecule has 0 aliphatic heterocycles. The molecule has 1 atom stereocenters. The van der Waals surface area contributed by atoms with Crippen LogP contribution in [-0.2, 0) is 16.6 Å². The highest BCUT2D eigenvalue weighted by Gasteiger charge is 2.19. The molecular weight excluding hydrogens is 398 g/mol. The molecule has 1 aromatic heterocycles. The normalized spacial score (nSPS) is 16.2. The number of sulfonamides is 1. The summed E-state index contributed by atoms with van der Waals surface area (Å²) in [6, 6.07) is 12.6. The number of nitrogen functional groups attached to an aromatic ring is 1. The van der Waals surface area contributed by atoms with Gasteiger partial charge >= 0.3 is 0 Å². The average Bonchev–Trinajstić information content (AvgIpc) is 3.34. The Hall–Kier alpha value is -2.58. The molecule has 160 valence electrons. The van der Waals surface area contributed by atoms with Gasteiger partial charge in [0.15, 0.2) is 5.95 Å². The first-order valence-corrected chi connectivity index (χ1v) is 12.0. The van der Waals surface area contributed by atoms with Crippen LogP contribution in [0.25, 0.3) is 11.0 Å². The summed E-state index contributed by atoms with van der Waals surface area (Å²) in [6.45, 7) is 2.82. The Bertz CT molecular complexity index is 1120. The van der Waals surface area contributed by atoms with Gasteiger partial charge in [0.1, 0.15) is 0 Å². The van der Waals surface area contributed by atoms with Gasteiger partial charge in [-0.25, -0.2) is 13.4 Å². The minimum atomic E-state index is -3.74. The molecule has 0 bridgehead atoms. The predicted octanol–water partition coefficient (Wildman–Crippen LogP) is 4.00. The van der Waals surface area contributed by atoms with Crippen molar-refractivity contribution >= 4 is 32.7 Å². The summed E-state index contributed by atoms with van der Waals surface area (Å²) in [5.41, 5.74) is 8.39. The molecule has 30 heavy (non-hydrogen) atoms. The fourth-order valence-corrected chi connectivity index (χ4v) is 5.39. The second kappa shape index (κ2) is 8.65. The molecule has 4 rings (SSSR count). The number of rotatable bonds is 8. The number of benzene rings is 2. The molecule has 3 aromatic rings. The summed E-state index contributed by atoms with van der Waals surface area (Å²) in [5.74, 6) is 1.07. The molecule has 1 fully saturated rings. The van der Waals surface area contributed by atoms with Gasteiger partial charge in [-0.05, 0) is 49.1 Å². The number of H-pyrrole nitrogens is 1. The largest absolute Gasteiger partial charge is 0.369 e. The van der Waals surface area contributed by atoms with Crippen LogP contribution >= 0.6 is 0 Å². The average molecular weight is 428 g/mol. The van der Waals surface area contributed by atoms with E-state index >= 15 is 0 Å². The van der Waals surface area contributed by atoms with Crippen molar-refractivity contribution < 1.29 is 8.42 Å². The number of fused-ring (bicyclic) bond motifs is 1. The number of imidazole rings is 1. The second-order valence-electron chi connectivity index (χ2n) is 8.23. The molecule has 0 radical (unpaired) electrons. The summed E-state index contributed by atoms with van der Waals surface area (Å²) in [5, 5.41) is 3.56. The van der Waals surface area contributed by atoms with E-state index < -0.39 is 10.0 Å². The number of para-hydroxylation sites is 1. The van der Waals surface area contributed by atoms with Gasteiger partial charge in [-0.3, -0.25) is 4.72 Å². The number of hydrogen-bond acceptors (Lipinski definition) is 5. The quantitative estimate of drug-likeness (QED) is 0.434. The third kappa shape index (κ3) is 4.76. The zero-order chi connectivity index (χ0) is 21.1. The van der Waals surface area contributed by atoms with E-state index in [4.69, 9.17) is 5.73 Å². The Morgan fingerprint density at radius 2 is 1.97 bits per heavy atom. The highest BCUT2D eigenvalue weighted by atomic mass is 32.2. The number of hydrogen-bond donors (Lipinski definition) is 4.